The van der Waals surface area contributed by atoms with E-state index >= 15 is 0 Å². The van der Waals surface area contributed by atoms with Gasteiger partial charge in [-0.15, -0.1) is 0 Å². The Labute approximate surface area is 143 Å². The van der Waals surface area contributed by atoms with E-state index in [9.17, 15) is 0 Å². The summed E-state index contributed by atoms with van der Waals surface area (Å²) in [6.45, 7) is 0. The Morgan fingerprint density at radius 3 is 0.375 bits per heavy atom. The first kappa shape index (κ1) is 90.2. The van der Waals surface area contributed by atoms with Gasteiger partial charge < -0.3 is 74.4 Å². The summed E-state index contributed by atoms with van der Waals surface area (Å²) in [6, 6.07) is 0. The molecule has 0 bridgehead atoms. The minimum absolute atomic E-state index is 0. The monoisotopic (exact) mass is 442 g/mol. The van der Waals surface area contributed by atoms with Gasteiger partial charge in [-0.05, 0) is 0 Å². The van der Waals surface area contributed by atoms with Crippen LogP contribution in [0.2, 0.25) is 0 Å². The van der Waals surface area contributed by atoms with Gasteiger partial charge in [0.25, 0.3) is 0 Å². The van der Waals surface area contributed by atoms with Crippen molar-refractivity contribution in [3.63, 3.8) is 0 Å². The van der Waals surface area contributed by atoms with E-state index in [1.54, 1.807) is 0 Å². The van der Waals surface area contributed by atoms with Gasteiger partial charge in [0.05, 0.1) is 0 Å². The molecule has 1 radical (unpaired) electrons. The zero-order valence-electron chi connectivity index (χ0n) is 3.60. The van der Waals surface area contributed by atoms with Gasteiger partial charge in [-0.3, -0.25) is 0 Å². The number of hydrogen-bond donors (Lipinski definition) is 0. The molecule has 0 aromatic heterocycles. The molecule has 0 heterocycles. The van der Waals surface area contributed by atoms with E-state index in [4.69, 9.17) is 0 Å². The third-order valence-corrected chi connectivity index (χ3v) is 0. The maximum absolute atomic E-state index is 0. The van der Waals surface area contributed by atoms with Crippen LogP contribution in [0.1, 0.15) is 0 Å². The number of hydrogen-bond acceptors (Lipinski definition) is 0. The first-order chi connectivity index (χ1) is 0. The van der Waals surface area contributed by atoms with Crippen molar-refractivity contribution in [3.05, 3.63) is 0 Å². The third kappa shape index (κ3) is 50.4. The molecule has 0 unspecified atom stereocenters. The molecule has 0 saturated carbocycles. The van der Waals surface area contributed by atoms with E-state index < -0.39 is 0 Å². The Morgan fingerprint density at radius 1 is 0.375 bits per heavy atom. The summed E-state index contributed by atoms with van der Waals surface area (Å²) in [7, 11) is 0. The fourth-order valence-corrected chi connectivity index (χ4v) is 0. The number of rotatable bonds is 0. The normalized spacial score (nSPS) is 0. The van der Waals surface area contributed by atoms with Gasteiger partial charge in [0.1, 0.15) is 0 Å². The topological polar surface area (TPSA) is 0 Å². The Hall–Kier alpha value is 4.03. The van der Waals surface area contributed by atoms with Crippen LogP contribution < -0.4 is 126 Å². The fourth-order valence-electron chi connectivity index (χ4n) is 0. The van der Waals surface area contributed by atoms with Crippen LogP contribution in [0.5, 0.6) is 0 Å². The maximum atomic E-state index is 0. The van der Waals surface area contributed by atoms with E-state index in [1.165, 1.54) is 0 Å². The average molecular weight is 444 g/mol. The molecule has 0 atom stereocenters. The summed E-state index contributed by atoms with van der Waals surface area (Å²) in [6.07, 6.45) is 0. The standard InChI is InChI=1S/6ClH.Ir.K/h6*1H;;/q;;;;;;;+1/p-6. The van der Waals surface area contributed by atoms with Crippen molar-refractivity contribution < 1.29 is 146 Å². The molecule has 0 rings (SSSR count). The zero-order valence-corrected chi connectivity index (χ0v) is 13.7. The Kier molecular flexibility index (Phi) is 771. The van der Waals surface area contributed by atoms with Crippen LogP contribution in [0, 0.1) is 0 Å². The van der Waals surface area contributed by atoms with E-state index in [1.807, 2.05) is 0 Å². The van der Waals surface area contributed by atoms with Crippen LogP contribution in [-0.2, 0) is 20.1 Å². The van der Waals surface area contributed by atoms with Gasteiger partial charge in [0, 0.05) is 20.1 Å². The van der Waals surface area contributed by atoms with E-state index in [2.05, 4.69) is 0 Å². The predicted molar refractivity (Wildman–Crippen MR) is 0 cm³/mol. The van der Waals surface area contributed by atoms with Gasteiger partial charge in [0.2, 0.25) is 0 Å². The van der Waals surface area contributed by atoms with Crippen molar-refractivity contribution in [2.24, 2.45) is 0 Å². The Balaban J connectivity index is 0. The molecular weight excluding hydrogens is 444 g/mol. The van der Waals surface area contributed by atoms with Crippen molar-refractivity contribution in [1.82, 2.24) is 0 Å². The maximum Gasteiger partial charge on any atom is 1.00 e. The molecule has 0 aromatic rings. The molecule has 0 aliphatic rings. The fraction of sp³-hybridized carbons (Fsp3) is 0. The number of halogens is 6. The molecule has 8 heavy (non-hydrogen) atoms. The molecule has 0 spiro atoms. The smallest absolute Gasteiger partial charge is 1.00 e. The molecule has 0 N–H and O–H groups in total. The van der Waals surface area contributed by atoms with E-state index in [0.717, 1.165) is 0 Å². The second-order valence-electron chi connectivity index (χ2n) is 0. The van der Waals surface area contributed by atoms with Crippen LogP contribution in [0.15, 0.2) is 0 Å². The molecular formula is Cl6IrK-5. The van der Waals surface area contributed by atoms with Crippen LogP contribution in [0.25, 0.3) is 0 Å². The predicted octanol–water partition coefficient (Wildman–Crippen LogP) is -21.0. The Morgan fingerprint density at radius 2 is 0.375 bits per heavy atom. The molecule has 0 fully saturated rings. The van der Waals surface area contributed by atoms with Crippen molar-refractivity contribution in [1.29, 1.82) is 0 Å². The minimum atomic E-state index is 0. The summed E-state index contributed by atoms with van der Waals surface area (Å²) in [5.74, 6) is 0. The van der Waals surface area contributed by atoms with Crippen molar-refractivity contribution >= 4 is 0 Å². The first-order valence-electron chi connectivity index (χ1n) is 0. The summed E-state index contributed by atoms with van der Waals surface area (Å²) in [5.41, 5.74) is 0. The van der Waals surface area contributed by atoms with Crippen LogP contribution in [0.3, 0.4) is 0 Å². The van der Waals surface area contributed by atoms with Crippen LogP contribution in [0.4, 0.5) is 0 Å². The molecule has 0 aliphatic heterocycles. The molecule has 8 heteroatoms. The van der Waals surface area contributed by atoms with Crippen molar-refractivity contribution in [2.75, 3.05) is 0 Å². The molecule has 0 amide bonds. The molecule has 0 nitrogen and oxygen atoms in total. The van der Waals surface area contributed by atoms with Gasteiger partial charge in [0.15, 0.2) is 0 Å². The summed E-state index contributed by atoms with van der Waals surface area (Å²) < 4.78 is 0. The van der Waals surface area contributed by atoms with Gasteiger partial charge in [-0.1, -0.05) is 0 Å². The SMILES string of the molecule is [Cl-].[Cl-].[Cl-].[Cl-].[Cl-].[Cl-].[Ir].[K+]. The van der Waals surface area contributed by atoms with Gasteiger partial charge >= 0.3 is 51.4 Å². The molecule has 0 aromatic carbocycles. The zero-order chi connectivity index (χ0) is 0. The quantitative estimate of drug-likeness (QED) is 0.326. The second-order valence-corrected chi connectivity index (χ2v) is 0. The van der Waals surface area contributed by atoms with Gasteiger partial charge in [-0.2, -0.15) is 0 Å². The van der Waals surface area contributed by atoms with Crippen molar-refractivity contribution in [2.45, 2.75) is 0 Å². The third-order valence-electron chi connectivity index (χ3n) is 0. The van der Waals surface area contributed by atoms with Crippen LogP contribution >= 0.6 is 0 Å². The van der Waals surface area contributed by atoms with Crippen molar-refractivity contribution in [3.8, 4) is 0 Å². The average Bonchev–Trinajstić information content (AvgIpc) is 0. The first-order valence-corrected chi connectivity index (χ1v) is 0. The van der Waals surface area contributed by atoms with E-state index in [-0.39, 0.29) is 146 Å². The molecule has 57 valence electrons. The van der Waals surface area contributed by atoms with E-state index in [0.29, 0.717) is 0 Å². The summed E-state index contributed by atoms with van der Waals surface area (Å²) in [5, 5.41) is 0. The van der Waals surface area contributed by atoms with Crippen LogP contribution in [-0.4, -0.2) is 0 Å². The summed E-state index contributed by atoms with van der Waals surface area (Å²) >= 11 is 0. The minimum Gasteiger partial charge on any atom is -1.00 e. The largest absolute Gasteiger partial charge is 1.00 e. The van der Waals surface area contributed by atoms with Gasteiger partial charge in [-0.25, -0.2) is 0 Å². The Bertz CT molecular complexity index is 8.49. The second kappa shape index (κ2) is 68.4. The molecule has 0 saturated heterocycles. The summed E-state index contributed by atoms with van der Waals surface area (Å²) in [4.78, 5) is 0. The molecule has 0 aliphatic carbocycles.